The number of nitrogens with one attached hydrogen (secondary N) is 2. The van der Waals surface area contributed by atoms with E-state index in [4.69, 9.17) is 36.0 Å². The van der Waals surface area contributed by atoms with Crippen LogP contribution < -0.4 is 21.1 Å². The smallest absolute Gasteiger partial charge is 0.408 e. The number of carbonyl (C=O) groups is 3. The number of ether oxygens (including phenoxy) is 3. The third-order valence-electron chi connectivity index (χ3n) is 7.13. The minimum absolute atomic E-state index is 0.00757. The van der Waals surface area contributed by atoms with Crippen molar-refractivity contribution in [1.82, 2.24) is 20.6 Å². The fraction of sp³-hybridized carbons (Fsp3) is 0.324. The quantitative estimate of drug-likeness (QED) is 0.0938. The van der Waals surface area contributed by atoms with E-state index < -0.39 is 35.7 Å². The number of hydrogen-bond acceptors (Lipinski definition) is 13. The first-order valence-electron chi connectivity index (χ1n) is 16.3. The van der Waals surface area contributed by atoms with Crippen molar-refractivity contribution in [3.8, 4) is 40.5 Å². The number of carbonyl (C=O) groups excluding carboxylic acids is 3. The van der Waals surface area contributed by atoms with Crippen molar-refractivity contribution in [2.45, 2.75) is 69.6 Å². The van der Waals surface area contributed by atoms with Gasteiger partial charge in [-0.2, -0.15) is 10.5 Å². The summed E-state index contributed by atoms with van der Waals surface area (Å²) in [6, 6.07) is 17.1. The summed E-state index contributed by atoms with van der Waals surface area (Å²) in [5.41, 5.74) is 7.99. The minimum atomic E-state index is -0.866. The van der Waals surface area contributed by atoms with E-state index in [1.165, 1.54) is 24.9 Å². The van der Waals surface area contributed by atoms with Gasteiger partial charge >= 0.3 is 12.1 Å². The molecule has 4 N–H and O–H groups in total. The second kappa shape index (κ2) is 18.1. The van der Waals surface area contributed by atoms with Crippen LogP contribution in [0.25, 0.3) is 22.6 Å². The summed E-state index contributed by atoms with van der Waals surface area (Å²) in [6.45, 7) is 8.33. The number of thioether (sulfide) groups is 1. The van der Waals surface area contributed by atoms with Crippen molar-refractivity contribution in [1.29, 1.82) is 10.5 Å². The Kier molecular flexibility index (Phi) is 13.7. The number of hydrogen-bond donors (Lipinski definition) is 3. The highest BCUT2D eigenvalue weighted by Gasteiger charge is 2.23. The van der Waals surface area contributed by atoms with Gasteiger partial charge in [-0.1, -0.05) is 35.5 Å². The van der Waals surface area contributed by atoms with Crippen LogP contribution in [0.4, 0.5) is 10.6 Å². The van der Waals surface area contributed by atoms with Gasteiger partial charge in [0.2, 0.25) is 11.8 Å². The van der Waals surface area contributed by atoms with Gasteiger partial charge in [0, 0.05) is 28.4 Å². The van der Waals surface area contributed by atoms with E-state index in [1.807, 2.05) is 0 Å². The van der Waals surface area contributed by atoms with Gasteiger partial charge < -0.3 is 35.0 Å². The first-order chi connectivity index (χ1) is 25.2. The molecule has 4 aromatic rings. The molecule has 53 heavy (non-hydrogen) atoms. The monoisotopic (exact) mass is 759 g/mol. The van der Waals surface area contributed by atoms with Crippen LogP contribution in [0.5, 0.6) is 5.75 Å². The van der Waals surface area contributed by atoms with Crippen molar-refractivity contribution < 1.29 is 33.0 Å². The first kappa shape index (κ1) is 40.0. The Labute approximate surface area is 316 Å². The standard InChI is InChI=1S/C37H38ClN7O7S/c1-21(51-30(46)14-15-42-33(47)22(2)43-36(48)52-37(3,4)5)18-49-27-12-8-23(9-13-27)31-28(16-39)32(41)45-35(29(31)17-40)53-20-26-19-50-34(44-26)24-6-10-25(38)11-7-24/h6-13,19,21-22H,14-15,18,20H2,1-5H3,(H2,41,45)(H,42,47)(H,43,48)/t21-,22-/m0/s1. The number of nitrogens with zero attached hydrogens (tertiary/aromatic N) is 4. The molecule has 16 heteroatoms. The summed E-state index contributed by atoms with van der Waals surface area (Å²) < 4.78 is 21.9. The van der Waals surface area contributed by atoms with Gasteiger partial charge in [-0.25, -0.2) is 14.8 Å². The number of nitriles is 2. The largest absolute Gasteiger partial charge is 0.490 e. The molecule has 276 valence electrons. The van der Waals surface area contributed by atoms with Crippen LogP contribution >= 0.6 is 23.4 Å². The molecule has 2 aromatic heterocycles. The molecular weight excluding hydrogens is 722 g/mol. The molecule has 0 aliphatic carbocycles. The van der Waals surface area contributed by atoms with E-state index in [0.29, 0.717) is 44.3 Å². The number of pyridine rings is 1. The molecule has 2 aromatic carbocycles. The van der Waals surface area contributed by atoms with Crippen molar-refractivity contribution in [2.75, 3.05) is 18.9 Å². The molecule has 2 amide bonds. The van der Waals surface area contributed by atoms with Gasteiger partial charge in [-0.15, -0.1) is 0 Å². The lowest BCUT2D eigenvalue weighted by Gasteiger charge is -2.21. The number of rotatable bonds is 14. The Hall–Kier alpha value is -5.77. The van der Waals surface area contributed by atoms with Crippen LogP contribution in [0.1, 0.15) is 57.9 Å². The van der Waals surface area contributed by atoms with Gasteiger partial charge in [-0.3, -0.25) is 9.59 Å². The lowest BCUT2D eigenvalue weighted by molar-refractivity contribution is -0.149. The molecule has 0 spiro atoms. The summed E-state index contributed by atoms with van der Waals surface area (Å²) in [4.78, 5) is 45.3. The Balaban J connectivity index is 1.31. The molecule has 0 unspecified atom stereocenters. The van der Waals surface area contributed by atoms with E-state index in [9.17, 15) is 24.9 Å². The summed E-state index contributed by atoms with van der Waals surface area (Å²) in [5.74, 6) is 0.142. The number of benzene rings is 2. The predicted molar refractivity (Wildman–Crippen MR) is 198 cm³/mol. The topological polar surface area (TPSA) is 215 Å². The van der Waals surface area contributed by atoms with Crippen LogP contribution in [-0.4, -0.2) is 58.8 Å². The molecular formula is C37H38ClN7O7S. The second-order valence-electron chi connectivity index (χ2n) is 12.6. The zero-order chi connectivity index (χ0) is 38.7. The fourth-order valence-electron chi connectivity index (χ4n) is 4.67. The zero-order valence-electron chi connectivity index (χ0n) is 29.7. The van der Waals surface area contributed by atoms with Gasteiger partial charge in [0.1, 0.15) is 64.9 Å². The van der Waals surface area contributed by atoms with E-state index in [-0.39, 0.29) is 36.5 Å². The number of oxazole rings is 1. The number of nitrogens with two attached hydrogens (primary N) is 1. The number of amides is 2. The summed E-state index contributed by atoms with van der Waals surface area (Å²) in [5, 5.41) is 26.0. The van der Waals surface area contributed by atoms with E-state index in [2.05, 4.69) is 32.7 Å². The maximum atomic E-state index is 12.3. The van der Waals surface area contributed by atoms with Crippen LogP contribution in [0.3, 0.4) is 0 Å². The van der Waals surface area contributed by atoms with Gasteiger partial charge in [-0.05, 0) is 76.6 Å². The third-order valence-corrected chi connectivity index (χ3v) is 8.39. The number of esters is 1. The lowest BCUT2D eigenvalue weighted by atomic mass is 9.97. The molecule has 0 saturated carbocycles. The normalized spacial score (nSPS) is 12.1. The maximum absolute atomic E-state index is 12.3. The number of nitrogen functional groups attached to an aromatic ring is 1. The molecule has 14 nitrogen and oxygen atoms in total. The Morgan fingerprint density at radius 3 is 2.30 bits per heavy atom. The summed E-state index contributed by atoms with van der Waals surface area (Å²) in [6.07, 6.45) is 0.0873. The van der Waals surface area contributed by atoms with Gasteiger partial charge in [0.05, 0.1) is 17.7 Å². The van der Waals surface area contributed by atoms with Crippen LogP contribution in [0, 0.1) is 22.7 Å². The van der Waals surface area contributed by atoms with Gasteiger partial charge in [0.25, 0.3) is 0 Å². The zero-order valence-corrected chi connectivity index (χ0v) is 31.3. The first-order valence-corrected chi connectivity index (χ1v) is 17.7. The Bertz CT molecular complexity index is 2020. The highest BCUT2D eigenvalue weighted by Crippen LogP contribution is 2.37. The SMILES string of the molecule is C[C@H](NC(=O)OC(C)(C)C)C(=O)NCCC(=O)O[C@@H](C)COc1ccc(-c2c(C#N)c(N)nc(SCc3coc(-c4ccc(Cl)cc4)n3)c2C#N)cc1. The summed E-state index contributed by atoms with van der Waals surface area (Å²) >= 11 is 7.21. The number of halogens is 1. The predicted octanol–water partition coefficient (Wildman–Crippen LogP) is 6.40. The summed E-state index contributed by atoms with van der Waals surface area (Å²) in [7, 11) is 0. The minimum Gasteiger partial charge on any atom is -0.490 e. The lowest BCUT2D eigenvalue weighted by Crippen LogP contribution is -2.46. The van der Waals surface area contributed by atoms with Crippen molar-refractivity contribution in [2.24, 2.45) is 0 Å². The van der Waals surface area contributed by atoms with E-state index >= 15 is 0 Å². The Morgan fingerprint density at radius 1 is 1.00 bits per heavy atom. The number of alkyl carbamates (subject to hydrolysis) is 1. The molecule has 0 aliphatic rings. The molecule has 4 rings (SSSR count). The number of aromatic nitrogens is 2. The molecule has 2 heterocycles. The van der Waals surface area contributed by atoms with Gasteiger partial charge in [0.15, 0.2) is 0 Å². The van der Waals surface area contributed by atoms with E-state index in [1.54, 1.807) is 76.2 Å². The van der Waals surface area contributed by atoms with E-state index in [0.717, 1.165) is 5.56 Å². The average Bonchev–Trinajstić information content (AvgIpc) is 3.58. The maximum Gasteiger partial charge on any atom is 0.408 e. The molecule has 0 aliphatic heterocycles. The highest BCUT2D eigenvalue weighted by molar-refractivity contribution is 7.98. The molecule has 0 radical (unpaired) electrons. The third kappa shape index (κ3) is 11.6. The van der Waals surface area contributed by atoms with Crippen LogP contribution in [0.15, 0.2) is 64.2 Å². The van der Waals surface area contributed by atoms with Crippen LogP contribution in [0.2, 0.25) is 5.02 Å². The van der Waals surface area contributed by atoms with Crippen molar-refractivity contribution >= 4 is 47.2 Å². The molecule has 0 bridgehead atoms. The molecule has 0 fully saturated rings. The Morgan fingerprint density at radius 2 is 1.66 bits per heavy atom. The molecule has 2 atom stereocenters. The van der Waals surface area contributed by atoms with Crippen molar-refractivity contribution in [3.63, 3.8) is 0 Å². The number of anilines is 1. The van der Waals surface area contributed by atoms with Crippen molar-refractivity contribution in [3.05, 3.63) is 76.6 Å². The second-order valence-corrected chi connectivity index (χ2v) is 14.0. The highest BCUT2D eigenvalue weighted by atomic mass is 35.5. The van der Waals surface area contributed by atoms with Crippen LogP contribution in [-0.2, 0) is 24.8 Å². The molecule has 0 saturated heterocycles. The fourth-order valence-corrected chi connectivity index (χ4v) is 5.67. The average molecular weight is 760 g/mol.